The molecule has 9 heteroatoms. The third-order valence-electron chi connectivity index (χ3n) is 9.78. The first-order valence-electron chi connectivity index (χ1n) is 14.8. The summed E-state index contributed by atoms with van der Waals surface area (Å²) in [6.07, 6.45) is 9.77. The summed E-state index contributed by atoms with van der Waals surface area (Å²) in [5.74, 6) is 0.839. The minimum atomic E-state index is -3.87. The fourth-order valence-corrected chi connectivity index (χ4v) is 8.88. The number of nitrogens with one attached hydrogen (secondary N) is 1. The van der Waals surface area contributed by atoms with E-state index in [0.717, 1.165) is 61.7 Å². The number of hydrogen-bond donors (Lipinski definition) is 1. The molecule has 2 aromatic rings. The maximum Gasteiger partial charge on any atom is 0.264 e. The smallest absolute Gasteiger partial charge is 0.264 e. The average molecular weight is 599 g/mol. The minimum Gasteiger partial charge on any atom is -0.490 e. The molecule has 2 aliphatic heterocycles. The molecule has 4 aliphatic rings. The van der Waals surface area contributed by atoms with E-state index in [4.69, 9.17) is 21.1 Å². The molecule has 2 heterocycles. The Bertz CT molecular complexity index is 1460. The van der Waals surface area contributed by atoms with E-state index in [1.165, 1.54) is 11.1 Å². The first-order valence-corrected chi connectivity index (χ1v) is 16.7. The van der Waals surface area contributed by atoms with E-state index >= 15 is 0 Å². The lowest BCUT2D eigenvalue weighted by Gasteiger charge is -2.46. The van der Waals surface area contributed by atoms with Gasteiger partial charge in [0.25, 0.3) is 5.91 Å². The molecule has 1 fully saturated rings. The molecule has 0 unspecified atom stereocenters. The zero-order valence-electron chi connectivity index (χ0n) is 23.8. The lowest BCUT2D eigenvalue weighted by Crippen LogP contribution is -2.49. The van der Waals surface area contributed by atoms with E-state index in [1.807, 2.05) is 37.3 Å². The summed E-state index contributed by atoms with van der Waals surface area (Å²) in [5.41, 5.74) is 3.49. The Morgan fingerprint density at radius 2 is 2.05 bits per heavy atom. The van der Waals surface area contributed by atoms with Gasteiger partial charge in [0, 0.05) is 36.2 Å². The van der Waals surface area contributed by atoms with Gasteiger partial charge in [-0.2, -0.15) is 0 Å². The van der Waals surface area contributed by atoms with Crippen molar-refractivity contribution in [2.45, 2.75) is 68.6 Å². The molecule has 41 heavy (non-hydrogen) atoms. The minimum absolute atomic E-state index is 0.0887. The van der Waals surface area contributed by atoms with Crippen LogP contribution in [0.1, 0.15) is 66.9 Å². The third-order valence-corrected chi connectivity index (χ3v) is 11.9. The quantitative estimate of drug-likeness (QED) is 0.450. The highest BCUT2D eigenvalue weighted by molar-refractivity contribution is 7.90. The molecular formula is C32H39ClN2O5S. The van der Waals surface area contributed by atoms with Crippen molar-refractivity contribution in [3.63, 3.8) is 0 Å². The van der Waals surface area contributed by atoms with Gasteiger partial charge in [0.2, 0.25) is 10.0 Å². The molecule has 7 nitrogen and oxygen atoms in total. The molecule has 0 aromatic heterocycles. The van der Waals surface area contributed by atoms with Gasteiger partial charge >= 0.3 is 0 Å². The summed E-state index contributed by atoms with van der Waals surface area (Å²) in [5, 5.41) is 0.0441. The highest BCUT2D eigenvalue weighted by atomic mass is 35.5. The number of aryl methyl sites for hydroxylation is 1. The van der Waals surface area contributed by atoms with Gasteiger partial charge in [0.1, 0.15) is 5.75 Å². The molecule has 2 bridgehead atoms. The summed E-state index contributed by atoms with van der Waals surface area (Å²) >= 11 is 6.39. The summed E-state index contributed by atoms with van der Waals surface area (Å²) in [7, 11) is -2.14. The fraction of sp³-hybridized carbons (Fsp3) is 0.531. The Hall–Kier alpha value is -2.55. The molecular weight excluding hydrogens is 560 g/mol. The van der Waals surface area contributed by atoms with Crippen molar-refractivity contribution in [2.24, 2.45) is 11.8 Å². The summed E-state index contributed by atoms with van der Waals surface area (Å²) in [4.78, 5) is 15.7. The second-order valence-corrected chi connectivity index (χ2v) is 14.6. The van der Waals surface area contributed by atoms with Crippen molar-refractivity contribution in [3.05, 3.63) is 70.3 Å². The van der Waals surface area contributed by atoms with Crippen molar-refractivity contribution < 1.29 is 22.7 Å². The van der Waals surface area contributed by atoms with Gasteiger partial charge in [-0.3, -0.25) is 4.79 Å². The lowest BCUT2D eigenvalue weighted by molar-refractivity contribution is 0.0132. The Morgan fingerprint density at radius 1 is 1.20 bits per heavy atom. The van der Waals surface area contributed by atoms with Crippen LogP contribution in [-0.2, 0) is 26.6 Å². The molecule has 0 radical (unpaired) electrons. The summed E-state index contributed by atoms with van der Waals surface area (Å²) in [6.45, 7) is 3.91. The van der Waals surface area contributed by atoms with Crippen molar-refractivity contribution in [1.29, 1.82) is 0 Å². The SMILES string of the molecule is CC[C@@H]1C/C=C/[C@H](OC)[C@@H]2CC[C@H]2CN2C[C@@]3(CCCc4cc(Cl)ccc43)COc3ccc(cc32)C(=O)NS1(=O)=O. The van der Waals surface area contributed by atoms with Crippen LogP contribution in [0.25, 0.3) is 0 Å². The van der Waals surface area contributed by atoms with Gasteiger partial charge in [0.05, 0.1) is 23.6 Å². The highest BCUT2D eigenvalue weighted by Gasteiger charge is 2.44. The third kappa shape index (κ3) is 5.39. The Morgan fingerprint density at radius 3 is 2.80 bits per heavy atom. The number of fused-ring (bicyclic) bond motifs is 4. The van der Waals surface area contributed by atoms with E-state index < -0.39 is 21.2 Å². The molecule has 0 saturated heterocycles. The number of ether oxygens (including phenoxy) is 2. The number of methoxy groups -OCH3 is 1. The monoisotopic (exact) mass is 598 g/mol. The number of allylic oxidation sites excluding steroid dienone is 1. The van der Waals surface area contributed by atoms with Gasteiger partial charge in [0.15, 0.2) is 0 Å². The Kier molecular flexibility index (Phi) is 7.85. The molecule has 2 aromatic carbocycles. The number of amides is 1. The lowest BCUT2D eigenvalue weighted by atomic mass is 9.68. The highest BCUT2D eigenvalue weighted by Crippen LogP contribution is 2.47. The van der Waals surface area contributed by atoms with Crippen molar-refractivity contribution in [3.8, 4) is 5.75 Å². The summed E-state index contributed by atoms with van der Waals surface area (Å²) in [6, 6.07) is 11.5. The fourth-order valence-electron chi connectivity index (χ4n) is 7.34. The standard InChI is InChI=1S/C32H39ClN2O5S/c1-3-25-7-4-8-29(39-2)26-12-9-23(26)18-35-19-32(15-5-6-21-16-24(33)11-13-27(21)32)20-40-30-14-10-22(17-28(30)35)31(36)34-41(25,37)38/h4,8,10-11,13-14,16-17,23,25-26,29H,3,5-7,9,12,15,18-20H2,1-2H3,(H,34,36)/b8-4+/t23-,25+,26+,29-,32-/m0/s1. The van der Waals surface area contributed by atoms with Crippen LogP contribution < -0.4 is 14.4 Å². The van der Waals surface area contributed by atoms with Crippen molar-refractivity contribution >= 4 is 33.2 Å². The molecule has 5 atom stereocenters. The van der Waals surface area contributed by atoms with Crippen LogP contribution in [0, 0.1) is 11.8 Å². The van der Waals surface area contributed by atoms with Crippen LogP contribution >= 0.6 is 11.6 Å². The maximum atomic E-state index is 13.3. The van der Waals surface area contributed by atoms with Crippen LogP contribution in [0.4, 0.5) is 5.69 Å². The molecule has 1 saturated carbocycles. The van der Waals surface area contributed by atoms with Crippen LogP contribution in [0.5, 0.6) is 5.75 Å². The van der Waals surface area contributed by atoms with E-state index in [9.17, 15) is 13.2 Å². The number of carbonyl (C=O) groups excluding carboxylic acids is 1. The Balaban J connectivity index is 1.44. The van der Waals surface area contributed by atoms with Crippen molar-refractivity contribution in [2.75, 3.05) is 31.7 Å². The zero-order valence-corrected chi connectivity index (χ0v) is 25.3. The predicted octanol–water partition coefficient (Wildman–Crippen LogP) is 5.65. The predicted molar refractivity (Wildman–Crippen MR) is 161 cm³/mol. The number of halogens is 1. The average Bonchev–Trinajstić information content (AvgIpc) is 3.08. The number of carbonyl (C=O) groups is 1. The topological polar surface area (TPSA) is 84.9 Å². The normalized spacial score (nSPS) is 31.7. The number of hydrogen-bond acceptors (Lipinski definition) is 6. The number of rotatable bonds is 2. The molecule has 2 aliphatic carbocycles. The van der Waals surface area contributed by atoms with Crippen LogP contribution in [0.15, 0.2) is 48.6 Å². The van der Waals surface area contributed by atoms with E-state index in [0.29, 0.717) is 36.8 Å². The second-order valence-electron chi connectivity index (χ2n) is 12.2. The molecule has 1 spiro atoms. The molecule has 1 amide bonds. The van der Waals surface area contributed by atoms with Crippen LogP contribution in [-0.4, -0.2) is 52.5 Å². The van der Waals surface area contributed by atoms with E-state index in [-0.39, 0.29) is 11.5 Å². The van der Waals surface area contributed by atoms with Gasteiger partial charge in [-0.05, 0) is 98.2 Å². The van der Waals surface area contributed by atoms with Gasteiger partial charge in [-0.25, -0.2) is 13.1 Å². The second kappa shape index (κ2) is 11.3. The van der Waals surface area contributed by atoms with Gasteiger partial charge in [-0.1, -0.05) is 36.7 Å². The van der Waals surface area contributed by atoms with E-state index in [1.54, 1.807) is 13.2 Å². The van der Waals surface area contributed by atoms with Crippen LogP contribution in [0.3, 0.4) is 0 Å². The molecule has 220 valence electrons. The number of anilines is 1. The zero-order chi connectivity index (χ0) is 28.8. The maximum absolute atomic E-state index is 13.3. The van der Waals surface area contributed by atoms with Gasteiger partial charge < -0.3 is 14.4 Å². The number of nitrogens with zero attached hydrogens (tertiary/aromatic N) is 1. The molecule has 1 N–H and O–H groups in total. The van der Waals surface area contributed by atoms with Crippen molar-refractivity contribution in [1.82, 2.24) is 4.72 Å². The van der Waals surface area contributed by atoms with Crippen LogP contribution in [0.2, 0.25) is 5.02 Å². The summed E-state index contributed by atoms with van der Waals surface area (Å²) < 4.78 is 41.2. The Labute approximate surface area is 248 Å². The van der Waals surface area contributed by atoms with Gasteiger partial charge in [-0.15, -0.1) is 0 Å². The first kappa shape index (κ1) is 28.6. The molecule has 6 rings (SSSR count). The van der Waals surface area contributed by atoms with E-state index in [2.05, 4.69) is 21.8 Å². The largest absolute Gasteiger partial charge is 0.490 e. The number of benzene rings is 2. The first-order chi connectivity index (χ1) is 19.7. The number of sulfonamides is 1.